The Morgan fingerprint density at radius 3 is 2.46 bits per heavy atom. The Morgan fingerprint density at radius 2 is 1.79 bits per heavy atom. The molecule has 2 aromatic rings. The minimum atomic E-state index is -3.46. The van der Waals surface area contributed by atoms with Crippen molar-refractivity contribution in [3.63, 3.8) is 0 Å². The average molecular weight is 406 g/mol. The largest absolute Gasteiger partial charge is 0.484 e. The Bertz CT molecular complexity index is 910. The minimum Gasteiger partial charge on any atom is -0.484 e. The summed E-state index contributed by atoms with van der Waals surface area (Å²) < 4.78 is 45.1. The highest BCUT2D eigenvalue weighted by atomic mass is 32.2. The number of benzene rings is 2. The third kappa shape index (κ3) is 5.30. The maximum Gasteiger partial charge on any atom is 0.258 e. The van der Waals surface area contributed by atoms with Gasteiger partial charge in [-0.15, -0.1) is 0 Å². The van der Waals surface area contributed by atoms with Crippen LogP contribution in [0.3, 0.4) is 0 Å². The van der Waals surface area contributed by atoms with E-state index in [2.05, 4.69) is 5.32 Å². The molecule has 1 aliphatic rings. The first kappa shape index (κ1) is 20.3. The van der Waals surface area contributed by atoms with Crippen molar-refractivity contribution in [3.05, 3.63) is 59.9 Å². The number of sulfonamides is 1. The summed E-state index contributed by atoms with van der Waals surface area (Å²) in [6, 6.07) is 12.1. The van der Waals surface area contributed by atoms with Crippen LogP contribution in [0.5, 0.6) is 5.75 Å². The monoisotopic (exact) mass is 406 g/mol. The summed E-state index contributed by atoms with van der Waals surface area (Å²) >= 11 is 0. The molecule has 0 radical (unpaired) electrons. The normalized spacial score (nSPS) is 15.2. The molecular weight excluding hydrogens is 383 g/mol. The van der Waals surface area contributed by atoms with Crippen molar-refractivity contribution in [2.75, 3.05) is 19.7 Å². The molecule has 1 saturated heterocycles. The number of carbonyl (C=O) groups excluding carboxylic acids is 1. The predicted molar refractivity (Wildman–Crippen MR) is 103 cm³/mol. The molecule has 1 amide bonds. The van der Waals surface area contributed by atoms with Crippen LogP contribution in [0.1, 0.15) is 24.8 Å². The van der Waals surface area contributed by atoms with Crippen LogP contribution in [0.25, 0.3) is 0 Å². The molecule has 0 spiro atoms. The van der Waals surface area contributed by atoms with Gasteiger partial charge in [0.05, 0.1) is 4.90 Å². The summed E-state index contributed by atoms with van der Waals surface area (Å²) in [5.41, 5.74) is 0.775. The first-order chi connectivity index (χ1) is 13.4. The van der Waals surface area contributed by atoms with Gasteiger partial charge in [-0.05, 0) is 42.7 Å². The molecule has 0 atom stereocenters. The van der Waals surface area contributed by atoms with Crippen molar-refractivity contribution < 1.29 is 22.3 Å². The van der Waals surface area contributed by atoms with Gasteiger partial charge in [0.15, 0.2) is 6.61 Å². The lowest BCUT2D eigenvalue weighted by molar-refractivity contribution is -0.123. The molecule has 2 aromatic carbocycles. The molecule has 0 saturated carbocycles. The van der Waals surface area contributed by atoms with Crippen molar-refractivity contribution in [1.29, 1.82) is 0 Å². The molecule has 150 valence electrons. The fraction of sp³-hybridized carbons (Fsp3) is 0.350. The number of halogens is 1. The Hall–Kier alpha value is -2.45. The maximum atomic E-state index is 13.1. The van der Waals surface area contributed by atoms with E-state index in [9.17, 15) is 17.6 Å². The molecular formula is C20H23FN2O4S. The van der Waals surface area contributed by atoms with E-state index >= 15 is 0 Å². The molecule has 1 fully saturated rings. The molecule has 3 rings (SSSR count). The van der Waals surface area contributed by atoms with Gasteiger partial charge >= 0.3 is 0 Å². The summed E-state index contributed by atoms with van der Waals surface area (Å²) in [5.74, 6) is -0.505. The quantitative estimate of drug-likeness (QED) is 0.767. The fourth-order valence-corrected chi connectivity index (χ4v) is 4.51. The number of piperidine rings is 1. The molecule has 0 bridgehead atoms. The van der Waals surface area contributed by atoms with Crippen molar-refractivity contribution in [2.24, 2.45) is 0 Å². The van der Waals surface area contributed by atoms with Gasteiger partial charge < -0.3 is 10.1 Å². The first-order valence-electron chi connectivity index (χ1n) is 9.19. The second-order valence-electron chi connectivity index (χ2n) is 6.63. The van der Waals surface area contributed by atoms with Gasteiger partial charge in [-0.25, -0.2) is 12.8 Å². The number of nitrogens with zero attached hydrogens (tertiary/aromatic N) is 1. The van der Waals surface area contributed by atoms with E-state index in [0.717, 1.165) is 24.8 Å². The topological polar surface area (TPSA) is 75.7 Å². The lowest BCUT2D eigenvalue weighted by Gasteiger charge is -2.25. The maximum absolute atomic E-state index is 13.1. The molecule has 1 N–H and O–H groups in total. The Morgan fingerprint density at radius 1 is 1.07 bits per heavy atom. The molecule has 6 nitrogen and oxygen atoms in total. The van der Waals surface area contributed by atoms with Crippen molar-refractivity contribution in [1.82, 2.24) is 9.62 Å². The predicted octanol–water partition coefficient (Wildman–Crippen LogP) is 2.70. The number of rotatable bonds is 7. The molecule has 0 aromatic heterocycles. The highest BCUT2D eigenvalue weighted by Crippen LogP contribution is 2.20. The molecule has 0 unspecified atom stereocenters. The van der Waals surface area contributed by atoms with E-state index in [-0.39, 0.29) is 29.7 Å². The minimum absolute atomic E-state index is 0.231. The number of carbonyl (C=O) groups is 1. The van der Waals surface area contributed by atoms with Gasteiger partial charge in [0.1, 0.15) is 11.6 Å². The van der Waals surface area contributed by atoms with E-state index in [0.29, 0.717) is 13.1 Å². The molecule has 0 aliphatic carbocycles. The average Bonchev–Trinajstić information content (AvgIpc) is 2.72. The zero-order valence-electron chi connectivity index (χ0n) is 15.4. The number of nitrogens with one attached hydrogen (secondary N) is 1. The number of hydrogen-bond donors (Lipinski definition) is 1. The second kappa shape index (κ2) is 9.16. The van der Waals surface area contributed by atoms with Crippen LogP contribution in [0.4, 0.5) is 4.39 Å². The lowest BCUT2D eigenvalue weighted by Crippen LogP contribution is -2.35. The van der Waals surface area contributed by atoms with E-state index in [1.165, 1.54) is 22.5 Å². The number of hydrogen-bond acceptors (Lipinski definition) is 4. The number of ether oxygens (including phenoxy) is 1. The van der Waals surface area contributed by atoms with E-state index < -0.39 is 15.8 Å². The molecule has 1 heterocycles. The smallest absolute Gasteiger partial charge is 0.258 e. The van der Waals surface area contributed by atoms with Crippen LogP contribution in [0.2, 0.25) is 0 Å². The summed E-state index contributed by atoms with van der Waals surface area (Å²) in [6.45, 7) is 1.14. The highest BCUT2D eigenvalue weighted by Gasteiger charge is 2.25. The summed E-state index contributed by atoms with van der Waals surface area (Å²) in [7, 11) is -3.46. The van der Waals surface area contributed by atoms with Gasteiger partial charge in [0, 0.05) is 25.7 Å². The van der Waals surface area contributed by atoms with Crippen molar-refractivity contribution in [2.45, 2.75) is 30.7 Å². The summed E-state index contributed by atoms with van der Waals surface area (Å²) in [4.78, 5) is 12.1. The summed E-state index contributed by atoms with van der Waals surface area (Å²) in [6.07, 6.45) is 2.84. The SMILES string of the molecule is O=C(COc1cccc(F)c1)NCc1ccc(S(=O)(=O)N2CCCCC2)cc1. The van der Waals surface area contributed by atoms with Crippen LogP contribution in [-0.4, -0.2) is 38.3 Å². The van der Waals surface area contributed by atoms with Crippen LogP contribution in [0.15, 0.2) is 53.4 Å². The van der Waals surface area contributed by atoms with Crippen LogP contribution in [-0.2, 0) is 21.4 Å². The first-order valence-corrected chi connectivity index (χ1v) is 10.6. The van der Waals surface area contributed by atoms with Crippen LogP contribution in [0, 0.1) is 5.82 Å². The molecule has 1 aliphatic heterocycles. The van der Waals surface area contributed by atoms with Gasteiger partial charge in [-0.1, -0.05) is 24.6 Å². The fourth-order valence-electron chi connectivity index (χ4n) is 2.99. The lowest BCUT2D eigenvalue weighted by atomic mass is 10.2. The van der Waals surface area contributed by atoms with Gasteiger partial charge in [-0.2, -0.15) is 4.31 Å². The molecule has 8 heteroatoms. The third-order valence-corrected chi connectivity index (χ3v) is 6.44. The number of amides is 1. The Kier molecular flexibility index (Phi) is 6.64. The Labute approximate surface area is 164 Å². The second-order valence-corrected chi connectivity index (χ2v) is 8.57. The third-order valence-electron chi connectivity index (χ3n) is 4.53. The highest BCUT2D eigenvalue weighted by molar-refractivity contribution is 7.89. The van der Waals surface area contributed by atoms with Crippen molar-refractivity contribution in [3.8, 4) is 5.75 Å². The standard InChI is InChI=1S/C20H23FN2O4S/c21-17-5-4-6-18(13-17)27-15-20(24)22-14-16-7-9-19(10-8-16)28(25,26)23-11-2-1-3-12-23/h4-10,13H,1-3,11-12,14-15H2,(H,22,24). The van der Waals surface area contributed by atoms with Crippen LogP contribution < -0.4 is 10.1 Å². The Balaban J connectivity index is 1.50. The van der Waals surface area contributed by atoms with E-state index in [1.54, 1.807) is 30.3 Å². The summed E-state index contributed by atoms with van der Waals surface area (Å²) in [5, 5.41) is 2.69. The zero-order valence-corrected chi connectivity index (χ0v) is 16.3. The zero-order chi connectivity index (χ0) is 20.0. The van der Waals surface area contributed by atoms with Gasteiger partial charge in [-0.3, -0.25) is 4.79 Å². The van der Waals surface area contributed by atoms with Crippen molar-refractivity contribution >= 4 is 15.9 Å². The van der Waals surface area contributed by atoms with Gasteiger partial charge in [0.25, 0.3) is 5.91 Å². The van der Waals surface area contributed by atoms with Crippen LogP contribution >= 0.6 is 0 Å². The van der Waals surface area contributed by atoms with Gasteiger partial charge in [0.2, 0.25) is 10.0 Å². The van der Waals surface area contributed by atoms with E-state index in [4.69, 9.17) is 4.74 Å². The molecule has 28 heavy (non-hydrogen) atoms. The van der Waals surface area contributed by atoms with E-state index in [1.807, 2.05) is 0 Å².